The molecule has 0 aliphatic carbocycles. The number of thiophene rings is 1. The Labute approximate surface area is 178 Å². The van der Waals surface area contributed by atoms with Crippen molar-refractivity contribution in [2.24, 2.45) is 10.2 Å². The highest BCUT2D eigenvalue weighted by molar-refractivity contribution is 7.16. The second-order valence-electron chi connectivity index (χ2n) is 7.18. The molecule has 0 aliphatic rings. The summed E-state index contributed by atoms with van der Waals surface area (Å²) in [4.78, 5) is 2.96. The van der Waals surface area contributed by atoms with Gasteiger partial charge in [0, 0.05) is 18.8 Å². The molecule has 0 saturated carbocycles. The number of hydrogen-bond donors (Lipinski definition) is 0. The van der Waals surface area contributed by atoms with Crippen molar-refractivity contribution in [3.63, 3.8) is 0 Å². The van der Waals surface area contributed by atoms with Crippen molar-refractivity contribution in [3.05, 3.63) is 39.8 Å². The summed E-state index contributed by atoms with van der Waals surface area (Å²) in [5.74, 6) is 0. The van der Waals surface area contributed by atoms with Gasteiger partial charge in [-0.1, -0.05) is 33.1 Å². The standard InChI is InChI=1S/C23H29N5S/c1-5-7-8-9-13-28(12-6-2)19-10-11-21(17(3)14-19)26-27-23-20(15-24)18(4)22(16-25)29-23/h10-11,14H,5-9,12-13H2,1-4H3. The van der Waals surface area contributed by atoms with Gasteiger partial charge < -0.3 is 4.90 Å². The third-order valence-corrected chi connectivity index (χ3v) is 5.99. The van der Waals surface area contributed by atoms with E-state index in [0.29, 0.717) is 21.0 Å². The third-order valence-electron chi connectivity index (χ3n) is 4.91. The molecule has 0 spiro atoms. The average molecular weight is 408 g/mol. The van der Waals surface area contributed by atoms with Gasteiger partial charge in [-0.3, -0.25) is 0 Å². The van der Waals surface area contributed by atoms with E-state index in [1.54, 1.807) is 6.92 Å². The lowest BCUT2D eigenvalue weighted by Gasteiger charge is -2.25. The highest BCUT2D eigenvalue weighted by atomic mass is 32.1. The normalized spacial score (nSPS) is 10.8. The first-order valence-electron chi connectivity index (χ1n) is 10.3. The summed E-state index contributed by atoms with van der Waals surface area (Å²) in [7, 11) is 0. The Morgan fingerprint density at radius 1 is 0.966 bits per heavy atom. The van der Waals surface area contributed by atoms with Crippen molar-refractivity contribution >= 4 is 27.7 Å². The first-order valence-corrected chi connectivity index (χ1v) is 11.1. The van der Waals surface area contributed by atoms with Crippen LogP contribution in [-0.2, 0) is 0 Å². The molecule has 0 bridgehead atoms. The smallest absolute Gasteiger partial charge is 0.158 e. The predicted octanol–water partition coefficient (Wildman–Crippen LogP) is 7.32. The summed E-state index contributed by atoms with van der Waals surface area (Å²) in [5, 5.41) is 27.7. The number of azo groups is 1. The monoisotopic (exact) mass is 407 g/mol. The van der Waals surface area contributed by atoms with E-state index < -0.39 is 0 Å². The predicted molar refractivity (Wildman–Crippen MR) is 120 cm³/mol. The highest BCUT2D eigenvalue weighted by Crippen LogP contribution is 2.36. The van der Waals surface area contributed by atoms with Gasteiger partial charge in [0.2, 0.25) is 0 Å². The molecule has 2 aromatic rings. The fraction of sp³-hybridized carbons (Fsp3) is 0.478. The van der Waals surface area contributed by atoms with Crippen LogP contribution in [0.15, 0.2) is 28.4 Å². The quantitative estimate of drug-likeness (QED) is 0.306. The van der Waals surface area contributed by atoms with Crippen molar-refractivity contribution in [2.75, 3.05) is 18.0 Å². The molecule has 1 aromatic heterocycles. The minimum Gasteiger partial charge on any atom is -0.372 e. The Morgan fingerprint density at radius 3 is 2.38 bits per heavy atom. The van der Waals surface area contributed by atoms with E-state index in [4.69, 9.17) is 0 Å². The number of nitriles is 2. The number of anilines is 1. The van der Waals surface area contributed by atoms with E-state index >= 15 is 0 Å². The Kier molecular flexibility index (Phi) is 8.83. The molecule has 0 atom stereocenters. The van der Waals surface area contributed by atoms with E-state index in [-0.39, 0.29) is 0 Å². The van der Waals surface area contributed by atoms with Crippen LogP contribution >= 0.6 is 11.3 Å². The fourth-order valence-electron chi connectivity index (χ4n) is 3.22. The lowest BCUT2D eigenvalue weighted by Crippen LogP contribution is -2.25. The zero-order valence-corrected chi connectivity index (χ0v) is 18.6. The van der Waals surface area contributed by atoms with Crippen LogP contribution in [0.4, 0.5) is 16.4 Å². The minimum atomic E-state index is 0.436. The van der Waals surface area contributed by atoms with Crippen molar-refractivity contribution in [2.45, 2.75) is 59.8 Å². The van der Waals surface area contributed by atoms with Gasteiger partial charge in [0.05, 0.1) is 11.3 Å². The molecule has 0 saturated heterocycles. The molecule has 0 aliphatic heterocycles. The van der Waals surface area contributed by atoms with Gasteiger partial charge >= 0.3 is 0 Å². The van der Waals surface area contributed by atoms with Gasteiger partial charge in [-0.05, 0) is 56.0 Å². The number of unbranched alkanes of at least 4 members (excludes halogenated alkanes) is 3. The van der Waals surface area contributed by atoms with Crippen LogP contribution in [0, 0.1) is 36.5 Å². The molecule has 2 rings (SSSR count). The first-order chi connectivity index (χ1) is 14.0. The number of rotatable bonds is 10. The summed E-state index contributed by atoms with van der Waals surface area (Å²) < 4.78 is 0. The Morgan fingerprint density at radius 2 is 1.76 bits per heavy atom. The number of benzene rings is 1. The molecule has 1 aromatic carbocycles. The Balaban J connectivity index is 2.19. The van der Waals surface area contributed by atoms with E-state index in [0.717, 1.165) is 30.8 Å². The molecule has 5 nitrogen and oxygen atoms in total. The molecular weight excluding hydrogens is 378 g/mol. The maximum absolute atomic E-state index is 9.35. The summed E-state index contributed by atoms with van der Waals surface area (Å²) >= 11 is 1.21. The molecule has 6 heteroatoms. The topological polar surface area (TPSA) is 75.5 Å². The molecule has 0 radical (unpaired) electrons. The summed E-state index contributed by atoms with van der Waals surface area (Å²) in [6, 6.07) is 10.5. The Bertz CT molecular complexity index is 930. The van der Waals surface area contributed by atoms with Crippen molar-refractivity contribution in [1.82, 2.24) is 0 Å². The van der Waals surface area contributed by atoms with Gasteiger partial charge in [-0.25, -0.2) is 0 Å². The van der Waals surface area contributed by atoms with Crippen molar-refractivity contribution < 1.29 is 0 Å². The second-order valence-corrected chi connectivity index (χ2v) is 8.18. The molecular formula is C23H29N5S. The van der Waals surface area contributed by atoms with Gasteiger partial charge in [0.15, 0.2) is 5.00 Å². The molecule has 29 heavy (non-hydrogen) atoms. The van der Waals surface area contributed by atoms with Crippen molar-refractivity contribution in [1.29, 1.82) is 10.5 Å². The molecule has 152 valence electrons. The SMILES string of the molecule is CCCCCCN(CCC)c1ccc(N=Nc2sc(C#N)c(C)c2C#N)c(C)c1. The van der Waals surface area contributed by atoms with Crippen LogP contribution in [-0.4, -0.2) is 13.1 Å². The zero-order chi connectivity index (χ0) is 21.2. The number of hydrogen-bond acceptors (Lipinski definition) is 6. The van der Waals surface area contributed by atoms with Gasteiger partial charge in [0.25, 0.3) is 0 Å². The fourth-order valence-corrected chi connectivity index (χ4v) is 4.10. The zero-order valence-electron chi connectivity index (χ0n) is 17.8. The first kappa shape index (κ1) is 22.6. The van der Waals surface area contributed by atoms with Crippen LogP contribution in [0.5, 0.6) is 0 Å². The number of aryl methyl sites for hydroxylation is 1. The maximum Gasteiger partial charge on any atom is 0.158 e. The highest BCUT2D eigenvalue weighted by Gasteiger charge is 2.14. The molecule has 0 amide bonds. The van der Waals surface area contributed by atoms with Crippen molar-refractivity contribution in [3.8, 4) is 12.1 Å². The van der Waals surface area contributed by atoms with Crippen LogP contribution in [0.2, 0.25) is 0 Å². The van der Waals surface area contributed by atoms with E-state index in [1.807, 2.05) is 13.0 Å². The van der Waals surface area contributed by atoms with E-state index in [9.17, 15) is 10.5 Å². The molecule has 1 heterocycles. The Hall–Kier alpha value is -2.70. The summed E-state index contributed by atoms with van der Waals surface area (Å²) in [5.41, 5.74) is 4.17. The van der Waals surface area contributed by atoms with Crippen LogP contribution < -0.4 is 4.90 Å². The summed E-state index contributed by atoms with van der Waals surface area (Å²) in [6.45, 7) is 10.4. The van der Waals surface area contributed by atoms with Crippen LogP contribution in [0.1, 0.15) is 67.5 Å². The lowest BCUT2D eigenvalue weighted by atomic mass is 10.1. The van der Waals surface area contributed by atoms with Crippen LogP contribution in [0.25, 0.3) is 0 Å². The maximum atomic E-state index is 9.35. The average Bonchev–Trinajstić information content (AvgIpc) is 3.03. The van der Waals surface area contributed by atoms with Crippen LogP contribution in [0.3, 0.4) is 0 Å². The summed E-state index contributed by atoms with van der Waals surface area (Å²) in [6.07, 6.45) is 6.14. The third kappa shape index (κ3) is 5.89. The molecule has 0 fully saturated rings. The van der Waals surface area contributed by atoms with E-state index in [1.165, 1.54) is 42.7 Å². The molecule has 0 unspecified atom stereocenters. The molecule has 0 N–H and O–H groups in total. The van der Waals surface area contributed by atoms with Gasteiger partial charge in [-0.15, -0.1) is 21.6 Å². The largest absolute Gasteiger partial charge is 0.372 e. The van der Waals surface area contributed by atoms with Gasteiger partial charge in [0.1, 0.15) is 17.0 Å². The number of nitrogens with zero attached hydrogens (tertiary/aromatic N) is 5. The lowest BCUT2D eigenvalue weighted by molar-refractivity contribution is 0.639. The van der Waals surface area contributed by atoms with Gasteiger partial charge in [-0.2, -0.15) is 10.5 Å². The minimum absolute atomic E-state index is 0.436. The second kappa shape index (κ2) is 11.3. The van der Waals surface area contributed by atoms with E-state index in [2.05, 4.69) is 53.2 Å².